The van der Waals surface area contributed by atoms with Crippen molar-refractivity contribution in [3.05, 3.63) is 28.8 Å². The molecular weight excluding hydrogens is 240 g/mol. The lowest BCUT2D eigenvalue weighted by molar-refractivity contribution is 0.0509. The van der Waals surface area contributed by atoms with Crippen molar-refractivity contribution in [3.63, 3.8) is 0 Å². The van der Waals surface area contributed by atoms with Gasteiger partial charge in [0.15, 0.2) is 0 Å². The van der Waals surface area contributed by atoms with Gasteiger partial charge in [-0.25, -0.2) is 0 Å². The first kappa shape index (κ1) is 14.3. The highest BCUT2D eigenvalue weighted by atomic mass is 35.5. The van der Waals surface area contributed by atoms with Crippen molar-refractivity contribution in [2.45, 2.75) is 19.8 Å². The van der Waals surface area contributed by atoms with Crippen molar-refractivity contribution < 1.29 is 14.9 Å². The van der Waals surface area contributed by atoms with Crippen LogP contribution >= 0.6 is 11.6 Å². The fourth-order valence-corrected chi connectivity index (χ4v) is 1.99. The molecule has 0 heterocycles. The van der Waals surface area contributed by atoms with E-state index in [-0.39, 0.29) is 13.2 Å². The Balaban J connectivity index is 3.03. The molecule has 0 spiro atoms. The van der Waals surface area contributed by atoms with Crippen LogP contribution in [-0.2, 0) is 6.42 Å². The Morgan fingerprint density at radius 1 is 1.29 bits per heavy atom. The van der Waals surface area contributed by atoms with E-state index < -0.39 is 5.41 Å². The average Bonchev–Trinajstić information content (AvgIpc) is 2.36. The van der Waals surface area contributed by atoms with Crippen molar-refractivity contribution in [1.29, 1.82) is 0 Å². The number of rotatable bonds is 6. The zero-order valence-corrected chi connectivity index (χ0v) is 11.0. The molecule has 0 atom stereocenters. The molecule has 0 fully saturated rings. The zero-order valence-electron chi connectivity index (χ0n) is 10.2. The van der Waals surface area contributed by atoms with Gasteiger partial charge in [0.2, 0.25) is 0 Å². The van der Waals surface area contributed by atoms with Gasteiger partial charge >= 0.3 is 0 Å². The Kier molecular flexibility index (Phi) is 5.25. The first-order valence-electron chi connectivity index (χ1n) is 5.65. The summed E-state index contributed by atoms with van der Waals surface area (Å²) in [6.07, 6.45) is 1.23. The minimum absolute atomic E-state index is 0.0599. The van der Waals surface area contributed by atoms with Crippen molar-refractivity contribution in [1.82, 2.24) is 0 Å². The number of methoxy groups -OCH3 is 1. The monoisotopic (exact) mass is 258 g/mol. The van der Waals surface area contributed by atoms with Gasteiger partial charge in [-0.05, 0) is 36.6 Å². The molecule has 0 bridgehead atoms. The molecule has 0 saturated carbocycles. The lowest BCUT2D eigenvalue weighted by Gasteiger charge is -2.29. The van der Waals surface area contributed by atoms with Crippen LogP contribution < -0.4 is 4.74 Å². The summed E-state index contributed by atoms with van der Waals surface area (Å²) in [5.74, 6) is 0.731. The topological polar surface area (TPSA) is 49.7 Å². The maximum atomic E-state index is 9.44. The molecule has 1 rings (SSSR count). The summed E-state index contributed by atoms with van der Waals surface area (Å²) in [5.41, 5.74) is 0.391. The fraction of sp³-hybridized carbons (Fsp3) is 0.538. The Labute approximate surface area is 107 Å². The quantitative estimate of drug-likeness (QED) is 0.823. The standard InChI is InChI=1S/C13H19ClO3/c1-3-13(8-15,9-16)7-10-6-11(14)4-5-12(10)17-2/h4-6,15-16H,3,7-9H2,1-2H3. The third-order valence-corrected chi connectivity index (χ3v) is 3.46. The van der Waals surface area contributed by atoms with Crippen LogP contribution in [0.15, 0.2) is 18.2 Å². The van der Waals surface area contributed by atoms with E-state index in [1.807, 2.05) is 13.0 Å². The second-order valence-corrected chi connectivity index (χ2v) is 4.74. The van der Waals surface area contributed by atoms with E-state index in [1.165, 1.54) is 0 Å². The third-order valence-electron chi connectivity index (χ3n) is 3.23. The van der Waals surface area contributed by atoms with E-state index in [9.17, 15) is 10.2 Å². The van der Waals surface area contributed by atoms with Gasteiger partial charge in [-0.1, -0.05) is 18.5 Å². The molecule has 0 aliphatic rings. The third kappa shape index (κ3) is 3.35. The number of hydrogen-bond acceptors (Lipinski definition) is 3. The van der Waals surface area contributed by atoms with Crippen LogP contribution in [0.1, 0.15) is 18.9 Å². The van der Waals surface area contributed by atoms with Crippen molar-refractivity contribution >= 4 is 11.6 Å². The number of benzene rings is 1. The Morgan fingerprint density at radius 2 is 1.94 bits per heavy atom. The predicted octanol–water partition coefficient (Wildman–Crippen LogP) is 2.27. The molecule has 17 heavy (non-hydrogen) atoms. The minimum atomic E-state index is -0.516. The van der Waals surface area contributed by atoms with Gasteiger partial charge in [0, 0.05) is 10.4 Å². The summed E-state index contributed by atoms with van der Waals surface area (Å²) < 4.78 is 5.26. The fourth-order valence-electron chi connectivity index (χ4n) is 1.80. The SMILES string of the molecule is CCC(CO)(CO)Cc1cc(Cl)ccc1OC. The molecule has 0 amide bonds. The molecule has 0 radical (unpaired) electrons. The first-order chi connectivity index (χ1) is 8.10. The largest absolute Gasteiger partial charge is 0.496 e. The van der Waals surface area contributed by atoms with Crippen LogP contribution in [0.25, 0.3) is 0 Å². The molecule has 96 valence electrons. The lowest BCUT2D eigenvalue weighted by Crippen LogP contribution is -2.31. The molecule has 1 aromatic carbocycles. The summed E-state index contributed by atoms with van der Waals surface area (Å²) in [5, 5.41) is 19.5. The van der Waals surface area contributed by atoms with Crippen LogP contribution in [0.3, 0.4) is 0 Å². The molecule has 3 nitrogen and oxygen atoms in total. The molecule has 0 aliphatic carbocycles. The van der Waals surface area contributed by atoms with E-state index >= 15 is 0 Å². The molecule has 0 unspecified atom stereocenters. The Morgan fingerprint density at radius 3 is 2.41 bits per heavy atom. The van der Waals surface area contributed by atoms with Gasteiger partial charge in [0.25, 0.3) is 0 Å². The number of ether oxygens (including phenoxy) is 1. The van der Waals surface area contributed by atoms with Gasteiger partial charge in [-0.3, -0.25) is 0 Å². The molecule has 0 saturated heterocycles. The van der Waals surface area contributed by atoms with Gasteiger partial charge in [-0.2, -0.15) is 0 Å². The maximum absolute atomic E-state index is 9.44. The number of hydrogen-bond donors (Lipinski definition) is 2. The number of aliphatic hydroxyl groups excluding tert-OH is 2. The normalized spacial score (nSPS) is 11.6. The van der Waals surface area contributed by atoms with E-state index in [4.69, 9.17) is 16.3 Å². The summed E-state index contributed by atoms with van der Waals surface area (Å²) in [7, 11) is 1.60. The second kappa shape index (κ2) is 6.24. The zero-order chi connectivity index (χ0) is 12.9. The van der Waals surface area contributed by atoms with Crippen molar-refractivity contribution in [2.24, 2.45) is 5.41 Å². The highest BCUT2D eigenvalue weighted by Crippen LogP contribution is 2.32. The van der Waals surface area contributed by atoms with Gasteiger partial charge in [-0.15, -0.1) is 0 Å². The molecule has 4 heteroatoms. The van der Waals surface area contributed by atoms with Gasteiger partial charge < -0.3 is 14.9 Å². The smallest absolute Gasteiger partial charge is 0.122 e. The number of aliphatic hydroxyl groups is 2. The van der Waals surface area contributed by atoms with Crippen LogP contribution in [-0.4, -0.2) is 30.5 Å². The van der Waals surface area contributed by atoms with Gasteiger partial charge in [0.1, 0.15) is 5.75 Å². The molecule has 1 aromatic rings. The summed E-state index contributed by atoms with van der Waals surface area (Å²) in [6, 6.07) is 5.37. The van der Waals surface area contributed by atoms with Crippen molar-refractivity contribution in [2.75, 3.05) is 20.3 Å². The van der Waals surface area contributed by atoms with Crippen molar-refractivity contribution in [3.8, 4) is 5.75 Å². The Hall–Kier alpha value is -0.770. The molecule has 0 aromatic heterocycles. The van der Waals surface area contributed by atoms with Crippen LogP contribution in [0.4, 0.5) is 0 Å². The van der Waals surface area contributed by atoms with E-state index in [1.54, 1.807) is 19.2 Å². The summed E-state index contributed by atoms with van der Waals surface area (Å²) in [6.45, 7) is 1.83. The molecular formula is C13H19ClO3. The summed E-state index contributed by atoms with van der Waals surface area (Å²) >= 11 is 5.95. The number of halogens is 1. The average molecular weight is 259 g/mol. The highest BCUT2D eigenvalue weighted by molar-refractivity contribution is 6.30. The Bertz CT molecular complexity index is 353. The molecule has 2 N–H and O–H groups in total. The van der Waals surface area contributed by atoms with Crippen LogP contribution in [0.5, 0.6) is 5.75 Å². The predicted molar refractivity (Wildman–Crippen MR) is 68.6 cm³/mol. The first-order valence-corrected chi connectivity index (χ1v) is 6.02. The van der Waals surface area contributed by atoms with Crippen LogP contribution in [0.2, 0.25) is 5.02 Å². The highest BCUT2D eigenvalue weighted by Gasteiger charge is 2.28. The minimum Gasteiger partial charge on any atom is -0.496 e. The van der Waals surface area contributed by atoms with Gasteiger partial charge in [0.05, 0.1) is 20.3 Å². The molecule has 0 aliphatic heterocycles. The van der Waals surface area contributed by atoms with E-state index in [0.717, 1.165) is 11.3 Å². The van der Waals surface area contributed by atoms with E-state index in [2.05, 4.69) is 0 Å². The van der Waals surface area contributed by atoms with Crippen LogP contribution in [0, 0.1) is 5.41 Å². The lowest BCUT2D eigenvalue weighted by atomic mass is 9.80. The second-order valence-electron chi connectivity index (χ2n) is 4.30. The maximum Gasteiger partial charge on any atom is 0.122 e. The summed E-state index contributed by atoms with van der Waals surface area (Å²) in [4.78, 5) is 0. The van der Waals surface area contributed by atoms with E-state index in [0.29, 0.717) is 17.9 Å².